The molecule has 1 N–H and O–H groups in total. The average molecular weight is 184 g/mol. The van der Waals surface area contributed by atoms with E-state index < -0.39 is 0 Å². The number of hydrogen-bond acceptors (Lipinski definition) is 4. The van der Waals surface area contributed by atoms with Gasteiger partial charge in [0.2, 0.25) is 5.91 Å². The van der Waals surface area contributed by atoms with Gasteiger partial charge >= 0.3 is 0 Å². The minimum absolute atomic E-state index is 0.0916. The van der Waals surface area contributed by atoms with E-state index in [0.717, 1.165) is 0 Å². The summed E-state index contributed by atoms with van der Waals surface area (Å²) in [5, 5.41) is 6.27. The topological polar surface area (TPSA) is 64.4 Å². The summed E-state index contributed by atoms with van der Waals surface area (Å²) in [6.07, 6.45) is 1.46. The second kappa shape index (κ2) is 5.31. The summed E-state index contributed by atoms with van der Waals surface area (Å²) in [4.78, 5) is 11.0. The van der Waals surface area contributed by atoms with Gasteiger partial charge in [-0.05, 0) is 6.92 Å². The standard InChI is InChI=1S/C8H12N2O3/c1-2-12-6-8(11)9-5-7-3-4-13-10-7/h3-4H,2,5-6H2,1H3,(H,9,11). The third kappa shape index (κ3) is 3.71. The number of ether oxygens (including phenoxy) is 1. The maximum Gasteiger partial charge on any atom is 0.246 e. The lowest BCUT2D eigenvalue weighted by Gasteiger charge is -2.01. The number of nitrogens with zero attached hydrogens (tertiary/aromatic N) is 1. The second-order valence-electron chi connectivity index (χ2n) is 2.40. The molecular weight excluding hydrogens is 172 g/mol. The Morgan fingerprint density at radius 3 is 3.23 bits per heavy atom. The Kier molecular flexibility index (Phi) is 3.98. The second-order valence-corrected chi connectivity index (χ2v) is 2.40. The van der Waals surface area contributed by atoms with Crippen molar-refractivity contribution in [3.05, 3.63) is 18.0 Å². The summed E-state index contributed by atoms with van der Waals surface area (Å²) in [7, 11) is 0. The number of hydrogen-bond donors (Lipinski definition) is 1. The predicted molar refractivity (Wildman–Crippen MR) is 44.8 cm³/mol. The zero-order valence-electron chi connectivity index (χ0n) is 7.45. The molecule has 0 radical (unpaired) electrons. The van der Waals surface area contributed by atoms with Crippen molar-refractivity contribution in [3.8, 4) is 0 Å². The van der Waals surface area contributed by atoms with Crippen LogP contribution in [-0.4, -0.2) is 24.3 Å². The molecule has 0 atom stereocenters. The molecule has 0 unspecified atom stereocenters. The van der Waals surface area contributed by atoms with Crippen molar-refractivity contribution in [2.75, 3.05) is 13.2 Å². The summed E-state index contributed by atoms with van der Waals surface area (Å²) >= 11 is 0. The minimum atomic E-state index is -0.148. The first-order valence-electron chi connectivity index (χ1n) is 4.06. The molecule has 0 saturated carbocycles. The highest BCUT2D eigenvalue weighted by Gasteiger charge is 2.01. The molecule has 1 heterocycles. The van der Waals surface area contributed by atoms with Crippen molar-refractivity contribution in [2.45, 2.75) is 13.5 Å². The first kappa shape index (κ1) is 9.73. The van der Waals surface area contributed by atoms with Gasteiger partial charge in [0.05, 0.1) is 6.54 Å². The Hall–Kier alpha value is -1.36. The number of carbonyl (C=O) groups is 1. The summed E-state index contributed by atoms with van der Waals surface area (Å²) in [6, 6.07) is 1.70. The molecule has 0 aromatic carbocycles. The van der Waals surface area contributed by atoms with Crippen LogP contribution in [-0.2, 0) is 16.1 Å². The largest absolute Gasteiger partial charge is 0.372 e. The van der Waals surface area contributed by atoms with E-state index in [4.69, 9.17) is 4.74 Å². The van der Waals surface area contributed by atoms with E-state index in [1.807, 2.05) is 6.92 Å². The minimum Gasteiger partial charge on any atom is -0.372 e. The third-order valence-corrected chi connectivity index (χ3v) is 1.40. The van der Waals surface area contributed by atoms with E-state index in [0.29, 0.717) is 18.8 Å². The lowest BCUT2D eigenvalue weighted by atomic mass is 10.4. The molecular formula is C8H12N2O3. The molecule has 0 aliphatic carbocycles. The lowest BCUT2D eigenvalue weighted by Crippen LogP contribution is -2.27. The van der Waals surface area contributed by atoms with Crippen LogP contribution in [0.15, 0.2) is 16.9 Å². The SMILES string of the molecule is CCOCC(=O)NCc1ccon1. The predicted octanol–water partition coefficient (Wildman–Crippen LogP) is 0.327. The van der Waals surface area contributed by atoms with Crippen molar-refractivity contribution in [1.82, 2.24) is 10.5 Å². The summed E-state index contributed by atoms with van der Waals surface area (Å²) < 4.78 is 9.50. The highest BCUT2D eigenvalue weighted by Crippen LogP contribution is 1.92. The van der Waals surface area contributed by atoms with Crippen LogP contribution in [0.1, 0.15) is 12.6 Å². The van der Waals surface area contributed by atoms with E-state index >= 15 is 0 Å². The molecule has 0 saturated heterocycles. The molecule has 0 spiro atoms. The van der Waals surface area contributed by atoms with Gasteiger partial charge in [0.1, 0.15) is 18.6 Å². The fourth-order valence-electron chi connectivity index (χ4n) is 0.764. The first-order valence-corrected chi connectivity index (χ1v) is 4.06. The van der Waals surface area contributed by atoms with Crippen molar-refractivity contribution < 1.29 is 14.1 Å². The van der Waals surface area contributed by atoms with Crippen molar-refractivity contribution in [1.29, 1.82) is 0 Å². The maximum atomic E-state index is 11.0. The van der Waals surface area contributed by atoms with Gasteiger partial charge in [-0.1, -0.05) is 5.16 Å². The van der Waals surface area contributed by atoms with Gasteiger partial charge in [-0.2, -0.15) is 0 Å². The lowest BCUT2D eigenvalue weighted by molar-refractivity contribution is -0.125. The van der Waals surface area contributed by atoms with Crippen molar-refractivity contribution in [3.63, 3.8) is 0 Å². The van der Waals surface area contributed by atoms with Crippen LogP contribution in [0.25, 0.3) is 0 Å². The third-order valence-electron chi connectivity index (χ3n) is 1.40. The molecule has 0 aliphatic rings. The van der Waals surface area contributed by atoms with Crippen molar-refractivity contribution >= 4 is 5.91 Å². The molecule has 0 aliphatic heterocycles. The van der Waals surface area contributed by atoms with E-state index in [-0.39, 0.29) is 12.5 Å². The van der Waals surface area contributed by atoms with Crippen LogP contribution in [0.2, 0.25) is 0 Å². The Morgan fingerprint density at radius 2 is 2.62 bits per heavy atom. The fraction of sp³-hybridized carbons (Fsp3) is 0.500. The summed E-state index contributed by atoms with van der Waals surface area (Å²) in [5.41, 5.74) is 0.699. The van der Waals surface area contributed by atoms with Gasteiger partial charge < -0.3 is 14.6 Å². The van der Waals surface area contributed by atoms with Crippen LogP contribution < -0.4 is 5.32 Å². The van der Waals surface area contributed by atoms with Crippen molar-refractivity contribution in [2.24, 2.45) is 0 Å². The van der Waals surface area contributed by atoms with Gasteiger partial charge in [-0.3, -0.25) is 4.79 Å². The zero-order valence-corrected chi connectivity index (χ0v) is 7.45. The Morgan fingerprint density at radius 1 is 1.77 bits per heavy atom. The Labute approximate surface area is 76.0 Å². The van der Waals surface area contributed by atoms with Crippen LogP contribution >= 0.6 is 0 Å². The Balaban J connectivity index is 2.15. The smallest absolute Gasteiger partial charge is 0.246 e. The zero-order chi connectivity index (χ0) is 9.52. The van der Waals surface area contributed by atoms with Crippen LogP contribution in [0.3, 0.4) is 0 Å². The average Bonchev–Trinajstić information content (AvgIpc) is 2.64. The molecule has 0 fully saturated rings. The van der Waals surface area contributed by atoms with E-state index in [9.17, 15) is 4.79 Å². The van der Waals surface area contributed by atoms with Crippen LogP contribution in [0, 0.1) is 0 Å². The van der Waals surface area contributed by atoms with Gasteiger partial charge in [0, 0.05) is 12.7 Å². The van der Waals surface area contributed by atoms with Gasteiger partial charge in [0.15, 0.2) is 0 Å². The monoisotopic (exact) mass is 184 g/mol. The maximum absolute atomic E-state index is 11.0. The highest BCUT2D eigenvalue weighted by molar-refractivity contribution is 5.77. The summed E-state index contributed by atoms with van der Waals surface area (Å²) in [5.74, 6) is -0.148. The molecule has 1 aromatic rings. The quantitative estimate of drug-likeness (QED) is 0.716. The molecule has 72 valence electrons. The van der Waals surface area contributed by atoms with Crippen LogP contribution in [0.5, 0.6) is 0 Å². The first-order chi connectivity index (χ1) is 6.33. The molecule has 13 heavy (non-hydrogen) atoms. The van der Waals surface area contributed by atoms with E-state index in [1.165, 1.54) is 6.26 Å². The molecule has 5 nitrogen and oxygen atoms in total. The number of amides is 1. The number of carbonyl (C=O) groups excluding carboxylic acids is 1. The normalized spacial score (nSPS) is 9.92. The highest BCUT2D eigenvalue weighted by atomic mass is 16.5. The van der Waals surface area contributed by atoms with E-state index in [1.54, 1.807) is 6.07 Å². The van der Waals surface area contributed by atoms with Crippen LogP contribution in [0.4, 0.5) is 0 Å². The van der Waals surface area contributed by atoms with Gasteiger partial charge in [-0.25, -0.2) is 0 Å². The molecule has 1 amide bonds. The molecule has 5 heteroatoms. The summed E-state index contributed by atoms with van der Waals surface area (Å²) in [6.45, 7) is 2.85. The van der Waals surface area contributed by atoms with E-state index in [2.05, 4.69) is 15.0 Å². The molecule has 1 rings (SSSR count). The molecule has 1 aromatic heterocycles. The number of rotatable bonds is 5. The fourth-order valence-corrected chi connectivity index (χ4v) is 0.764. The number of nitrogens with one attached hydrogen (secondary N) is 1. The van der Waals surface area contributed by atoms with Gasteiger partial charge in [0.25, 0.3) is 0 Å². The Bertz CT molecular complexity index is 246. The number of aromatic nitrogens is 1. The van der Waals surface area contributed by atoms with Gasteiger partial charge in [-0.15, -0.1) is 0 Å². The molecule has 0 bridgehead atoms.